The van der Waals surface area contributed by atoms with E-state index in [0.29, 0.717) is 5.69 Å². The van der Waals surface area contributed by atoms with E-state index in [1.54, 1.807) is 32.9 Å². The molecule has 7 heteroatoms. The molecule has 0 spiro atoms. The van der Waals surface area contributed by atoms with Crippen LogP contribution in [-0.4, -0.2) is 22.8 Å². The number of carbonyl (C=O) groups excluding carboxylic acids is 2. The summed E-state index contributed by atoms with van der Waals surface area (Å²) < 4.78 is 4.95. The number of hydrogen-bond acceptors (Lipinski definition) is 5. The van der Waals surface area contributed by atoms with Crippen molar-refractivity contribution in [3.8, 4) is 0 Å². The average molecular weight is 267 g/mol. The van der Waals surface area contributed by atoms with Crippen molar-refractivity contribution in [1.29, 1.82) is 0 Å². The van der Waals surface area contributed by atoms with Gasteiger partial charge in [-0.1, -0.05) is 6.07 Å². The smallest absolute Gasteiger partial charge is 0.426 e. The van der Waals surface area contributed by atoms with Crippen molar-refractivity contribution < 1.29 is 19.5 Å². The Labute approximate surface area is 110 Å². The molecule has 19 heavy (non-hydrogen) atoms. The molecule has 4 N–H and O–H groups in total. The summed E-state index contributed by atoms with van der Waals surface area (Å²) in [6.07, 6.45) is -0.753. The van der Waals surface area contributed by atoms with Crippen molar-refractivity contribution in [2.75, 3.05) is 5.48 Å². The van der Waals surface area contributed by atoms with Crippen LogP contribution in [0.1, 0.15) is 31.1 Å². The van der Waals surface area contributed by atoms with Gasteiger partial charge in [-0.05, 0) is 39.0 Å². The fourth-order valence-corrected chi connectivity index (χ4v) is 1.21. The number of benzene rings is 1. The number of hydrazine groups is 1. The van der Waals surface area contributed by atoms with E-state index in [1.807, 2.05) is 5.48 Å². The molecule has 0 bridgehead atoms. The molecule has 0 aliphatic heterocycles. The fraction of sp³-hybridized carbons (Fsp3) is 0.333. The van der Waals surface area contributed by atoms with Gasteiger partial charge in [-0.15, -0.1) is 0 Å². The van der Waals surface area contributed by atoms with Gasteiger partial charge in [0.2, 0.25) is 0 Å². The summed E-state index contributed by atoms with van der Waals surface area (Å²) in [7, 11) is 0. The lowest BCUT2D eigenvalue weighted by molar-refractivity contribution is 0.0483. The Kier molecular flexibility index (Phi) is 4.71. The van der Waals surface area contributed by atoms with Gasteiger partial charge in [0.15, 0.2) is 0 Å². The van der Waals surface area contributed by atoms with Crippen LogP contribution in [0.3, 0.4) is 0 Å². The zero-order chi connectivity index (χ0) is 14.5. The molecule has 0 aliphatic rings. The molecule has 0 aromatic heterocycles. The van der Waals surface area contributed by atoms with Crippen LogP contribution in [0.25, 0.3) is 0 Å². The largest absolute Gasteiger partial charge is 0.443 e. The molecule has 7 nitrogen and oxygen atoms in total. The third-order valence-electron chi connectivity index (χ3n) is 1.93. The average Bonchev–Trinajstić information content (AvgIpc) is 2.34. The molecular weight excluding hydrogens is 250 g/mol. The molecule has 104 valence electrons. The zero-order valence-corrected chi connectivity index (χ0v) is 11.0. The van der Waals surface area contributed by atoms with Gasteiger partial charge in [-0.3, -0.25) is 20.9 Å². The maximum atomic E-state index is 11.7. The Morgan fingerprint density at radius 1 is 1.21 bits per heavy atom. The lowest BCUT2D eigenvalue weighted by Crippen LogP contribution is -2.44. The van der Waals surface area contributed by atoms with Crippen LogP contribution < -0.4 is 16.3 Å². The normalized spacial score (nSPS) is 10.5. The number of amides is 2. The first kappa shape index (κ1) is 14.8. The van der Waals surface area contributed by atoms with Gasteiger partial charge in [0.1, 0.15) is 5.60 Å². The van der Waals surface area contributed by atoms with Crippen LogP contribution in [0.2, 0.25) is 0 Å². The third-order valence-corrected chi connectivity index (χ3v) is 1.93. The summed E-state index contributed by atoms with van der Waals surface area (Å²) in [6, 6.07) is 6.12. The predicted octanol–water partition coefficient (Wildman–Crippen LogP) is 1.66. The molecule has 0 aliphatic carbocycles. The van der Waals surface area contributed by atoms with Crippen LogP contribution in [0.4, 0.5) is 10.5 Å². The number of anilines is 1. The number of carbonyl (C=O) groups is 2. The Morgan fingerprint density at radius 2 is 1.89 bits per heavy atom. The highest BCUT2D eigenvalue weighted by Crippen LogP contribution is 2.09. The lowest BCUT2D eigenvalue weighted by Gasteiger charge is -2.19. The summed E-state index contributed by atoms with van der Waals surface area (Å²) in [4.78, 5) is 23.0. The molecule has 0 saturated carbocycles. The minimum Gasteiger partial charge on any atom is -0.443 e. The van der Waals surface area contributed by atoms with Crippen molar-refractivity contribution in [2.24, 2.45) is 0 Å². The summed E-state index contributed by atoms with van der Waals surface area (Å²) >= 11 is 0. The van der Waals surface area contributed by atoms with Gasteiger partial charge >= 0.3 is 6.09 Å². The lowest BCUT2D eigenvalue weighted by atomic mass is 10.2. The van der Waals surface area contributed by atoms with E-state index >= 15 is 0 Å². The van der Waals surface area contributed by atoms with Crippen LogP contribution in [0, 0.1) is 0 Å². The van der Waals surface area contributed by atoms with E-state index in [9.17, 15) is 9.59 Å². The number of ether oxygens (including phenoxy) is 1. The Morgan fingerprint density at radius 3 is 2.47 bits per heavy atom. The molecule has 0 heterocycles. The van der Waals surface area contributed by atoms with Gasteiger partial charge in [-0.25, -0.2) is 10.2 Å². The number of nitrogens with one attached hydrogen (secondary N) is 3. The standard InChI is InChI=1S/C12H17N3O4/c1-12(2,3)19-11(17)14-13-10(16)8-5-4-6-9(7-8)15-18/h4-7,15,18H,1-3H3,(H,13,16)(H,14,17). The monoisotopic (exact) mass is 267 g/mol. The molecule has 0 unspecified atom stereocenters. The molecule has 0 saturated heterocycles. The molecule has 0 fully saturated rings. The van der Waals surface area contributed by atoms with Gasteiger partial charge in [0.25, 0.3) is 5.91 Å². The second-order valence-corrected chi connectivity index (χ2v) is 4.77. The van der Waals surface area contributed by atoms with Crippen LogP contribution in [0.15, 0.2) is 24.3 Å². The molecule has 1 aromatic carbocycles. The maximum absolute atomic E-state index is 11.7. The molecule has 1 rings (SSSR count). The first-order valence-corrected chi connectivity index (χ1v) is 5.61. The van der Waals surface area contributed by atoms with Crippen molar-refractivity contribution in [3.05, 3.63) is 29.8 Å². The first-order valence-electron chi connectivity index (χ1n) is 5.61. The highest BCUT2D eigenvalue weighted by molar-refractivity contribution is 5.95. The van der Waals surface area contributed by atoms with Crippen LogP contribution in [0.5, 0.6) is 0 Å². The molecular formula is C12H17N3O4. The maximum Gasteiger partial charge on any atom is 0.426 e. The van der Waals surface area contributed by atoms with E-state index in [-0.39, 0.29) is 5.56 Å². The Bertz CT molecular complexity index is 468. The number of rotatable bonds is 2. The summed E-state index contributed by atoms with van der Waals surface area (Å²) in [5.74, 6) is -0.525. The number of hydrogen-bond donors (Lipinski definition) is 4. The summed E-state index contributed by atoms with van der Waals surface area (Å²) in [5.41, 5.74) is 6.25. The second-order valence-electron chi connectivity index (χ2n) is 4.77. The van der Waals surface area contributed by atoms with E-state index in [2.05, 4.69) is 10.9 Å². The highest BCUT2D eigenvalue weighted by Gasteiger charge is 2.16. The van der Waals surface area contributed by atoms with E-state index in [1.165, 1.54) is 12.1 Å². The predicted molar refractivity (Wildman–Crippen MR) is 68.7 cm³/mol. The van der Waals surface area contributed by atoms with Gasteiger partial charge < -0.3 is 4.74 Å². The molecule has 1 aromatic rings. The second kappa shape index (κ2) is 6.05. The van der Waals surface area contributed by atoms with E-state index in [0.717, 1.165) is 0 Å². The van der Waals surface area contributed by atoms with Crippen molar-refractivity contribution in [1.82, 2.24) is 10.9 Å². The minimum absolute atomic E-state index is 0.273. The Hall–Kier alpha value is -2.28. The van der Waals surface area contributed by atoms with E-state index < -0.39 is 17.6 Å². The third kappa shape index (κ3) is 5.26. The molecule has 0 atom stereocenters. The summed E-state index contributed by atoms with van der Waals surface area (Å²) in [6.45, 7) is 5.14. The highest BCUT2D eigenvalue weighted by atomic mass is 16.6. The Balaban J connectivity index is 2.53. The van der Waals surface area contributed by atoms with Gasteiger partial charge in [0.05, 0.1) is 5.69 Å². The quantitative estimate of drug-likeness (QED) is 0.611. The van der Waals surface area contributed by atoms with E-state index in [4.69, 9.17) is 9.94 Å². The zero-order valence-electron chi connectivity index (χ0n) is 11.0. The van der Waals surface area contributed by atoms with Gasteiger partial charge in [-0.2, -0.15) is 0 Å². The minimum atomic E-state index is -0.753. The fourth-order valence-electron chi connectivity index (χ4n) is 1.21. The van der Waals surface area contributed by atoms with Crippen LogP contribution >= 0.6 is 0 Å². The van der Waals surface area contributed by atoms with Crippen molar-refractivity contribution in [3.63, 3.8) is 0 Å². The molecule has 2 amide bonds. The molecule has 0 radical (unpaired) electrons. The first-order chi connectivity index (χ1) is 8.81. The van der Waals surface area contributed by atoms with Crippen molar-refractivity contribution in [2.45, 2.75) is 26.4 Å². The van der Waals surface area contributed by atoms with Crippen LogP contribution in [-0.2, 0) is 4.74 Å². The summed E-state index contributed by atoms with van der Waals surface area (Å²) in [5, 5.41) is 8.72. The van der Waals surface area contributed by atoms with Gasteiger partial charge in [0, 0.05) is 5.56 Å². The topological polar surface area (TPSA) is 99.7 Å². The SMILES string of the molecule is CC(C)(C)OC(=O)NNC(=O)c1cccc(NO)c1. The van der Waals surface area contributed by atoms with Crippen molar-refractivity contribution >= 4 is 17.7 Å².